The lowest BCUT2D eigenvalue weighted by molar-refractivity contribution is -0.137. The van der Waals surface area contributed by atoms with Crippen LogP contribution in [0, 0.1) is 0 Å². The summed E-state index contributed by atoms with van der Waals surface area (Å²) in [5.41, 5.74) is 0.803. The number of carbonyl (C=O) groups is 2. The van der Waals surface area contributed by atoms with Gasteiger partial charge in [-0.2, -0.15) is 0 Å². The van der Waals surface area contributed by atoms with Crippen LogP contribution in [0.4, 0.5) is 0 Å². The Labute approximate surface area is 150 Å². The minimum Gasteiger partial charge on any atom is -0.481 e. The normalized spacial score (nSPS) is 11.8. The first kappa shape index (κ1) is 18.7. The van der Waals surface area contributed by atoms with Crippen LogP contribution in [-0.4, -0.2) is 28.1 Å². The summed E-state index contributed by atoms with van der Waals surface area (Å²) >= 11 is 5.86. The number of amides is 1. The molecule has 0 bridgehead atoms. The molecule has 0 unspecified atom stereocenters. The van der Waals surface area contributed by atoms with Gasteiger partial charge in [-0.15, -0.1) is 0 Å². The van der Waals surface area contributed by atoms with E-state index in [1.807, 2.05) is 13.8 Å². The summed E-state index contributed by atoms with van der Waals surface area (Å²) in [6.45, 7) is 3.72. The number of benzene rings is 1. The zero-order chi connectivity index (χ0) is 18.4. The van der Waals surface area contributed by atoms with Crippen molar-refractivity contribution in [2.24, 2.45) is 0 Å². The first-order chi connectivity index (χ1) is 11.8. The largest absolute Gasteiger partial charge is 0.481 e. The molecule has 0 aliphatic carbocycles. The highest BCUT2D eigenvalue weighted by Gasteiger charge is 2.20. The second-order valence-electron chi connectivity index (χ2n) is 5.70. The number of hydrogen-bond acceptors (Lipinski definition) is 4. The molecule has 6 nitrogen and oxygen atoms in total. The Morgan fingerprint density at radius 3 is 2.48 bits per heavy atom. The third-order valence-corrected chi connectivity index (χ3v) is 3.52. The molecule has 1 atom stereocenters. The molecule has 0 fully saturated rings. The Balaban J connectivity index is 2.19. The van der Waals surface area contributed by atoms with Gasteiger partial charge in [0.2, 0.25) is 5.88 Å². The molecule has 0 spiro atoms. The lowest BCUT2D eigenvalue weighted by Crippen LogP contribution is -2.30. The van der Waals surface area contributed by atoms with Crippen molar-refractivity contribution < 1.29 is 19.4 Å². The summed E-state index contributed by atoms with van der Waals surface area (Å²) in [7, 11) is 0. The molecule has 0 saturated heterocycles. The summed E-state index contributed by atoms with van der Waals surface area (Å²) < 4.78 is 5.47. The van der Waals surface area contributed by atoms with Gasteiger partial charge < -0.3 is 15.2 Å². The molecule has 0 radical (unpaired) electrons. The smallest absolute Gasteiger partial charge is 0.305 e. The van der Waals surface area contributed by atoms with Gasteiger partial charge in [0.15, 0.2) is 0 Å². The first-order valence-corrected chi connectivity index (χ1v) is 8.15. The maximum Gasteiger partial charge on any atom is 0.305 e. The summed E-state index contributed by atoms with van der Waals surface area (Å²) in [4.78, 5) is 27.7. The highest BCUT2D eigenvalue weighted by molar-refractivity contribution is 6.30. The number of aliphatic carboxylic acids is 1. The van der Waals surface area contributed by atoms with Crippen LogP contribution in [0.3, 0.4) is 0 Å². The van der Waals surface area contributed by atoms with Crippen LogP contribution < -0.4 is 10.1 Å². The third kappa shape index (κ3) is 5.76. The molecule has 132 valence electrons. The summed E-state index contributed by atoms with van der Waals surface area (Å²) in [6.07, 6.45) is -0.324. The molecule has 0 aliphatic heterocycles. The van der Waals surface area contributed by atoms with Crippen LogP contribution in [0.5, 0.6) is 5.88 Å². The Morgan fingerprint density at radius 1 is 1.20 bits per heavy atom. The monoisotopic (exact) mass is 362 g/mol. The Morgan fingerprint density at radius 2 is 1.88 bits per heavy atom. The molecular formula is C18H19ClN2O4. The van der Waals surface area contributed by atoms with E-state index in [1.54, 1.807) is 42.5 Å². The Hall–Kier alpha value is -2.60. The van der Waals surface area contributed by atoms with Crippen LogP contribution in [0.2, 0.25) is 5.02 Å². The number of nitrogens with one attached hydrogen (secondary N) is 1. The predicted octanol–water partition coefficient (Wildman–Crippen LogP) is 3.47. The van der Waals surface area contributed by atoms with E-state index in [9.17, 15) is 9.59 Å². The molecule has 0 saturated carbocycles. The van der Waals surface area contributed by atoms with E-state index in [-0.39, 0.29) is 18.2 Å². The predicted molar refractivity (Wildman–Crippen MR) is 93.9 cm³/mol. The second-order valence-corrected chi connectivity index (χ2v) is 6.14. The SMILES string of the molecule is CC(C)Oc1cccc(C(=O)N[C@@H](CC(=O)O)c2ccc(Cl)cc2)n1. The molecule has 2 aromatic rings. The summed E-state index contributed by atoms with van der Waals surface area (Å²) in [5.74, 6) is -1.16. The fourth-order valence-electron chi connectivity index (χ4n) is 2.20. The highest BCUT2D eigenvalue weighted by atomic mass is 35.5. The lowest BCUT2D eigenvalue weighted by Gasteiger charge is -2.17. The number of pyridine rings is 1. The minimum atomic E-state index is -1.02. The van der Waals surface area contributed by atoms with Gasteiger partial charge in [-0.3, -0.25) is 9.59 Å². The third-order valence-electron chi connectivity index (χ3n) is 3.27. The van der Waals surface area contributed by atoms with Crippen LogP contribution >= 0.6 is 11.6 Å². The van der Waals surface area contributed by atoms with Crippen molar-refractivity contribution in [3.05, 3.63) is 58.7 Å². The zero-order valence-corrected chi connectivity index (χ0v) is 14.7. The quantitative estimate of drug-likeness (QED) is 0.787. The van der Waals surface area contributed by atoms with Crippen LogP contribution in [0.25, 0.3) is 0 Å². The van der Waals surface area contributed by atoms with Gasteiger partial charge in [-0.25, -0.2) is 4.98 Å². The van der Waals surface area contributed by atoms with Gasteiger partial charge in [0.25, 0.3) is 5.91 Å². The molecule has 1 heterocycles. The number of aromatic nitrogens is 1. The van der Waals surface area contributed by atoms with E-state index in [2.05, 4.69) is 10.3 Å². The number of ether oxygens (including phenoxy) is 1. The van der Waals surface area contributed by atoms with Crippen molar-refractivity contribution in [1.82, 2.24) is 10.3 Å². The molecule has 2 rings (SSSR count). The van der Waals surface area contributed by atoms with E-state index in [0.717, 1.165) is 0 Å². The van der Waals surface area contributed by atoms with Crippen molar-refractivity contribution in [2.45, 2.75) is 32.4 Å². The number of nitrogens with zero attached hydrogens (tertiary/aromatic N) is 1. The number of hydrogen-bond donors (Lipinski definition) is 2. The average molecular weight is 363 g/mol. The van der Waals surface area contributed by atoms with Crippen molar-refractivity contribution in [1.29, 1.82) is 0 Å². The fourth-order valence-corrected chi connectivity index (χ4v) is 2.33. The molecule has 1 amide bonds. The maximum absolute atomic E-state index is 12.5. The average Bonchev–Trinajstić information content (AvgIpc) is 2.54. The highest BCUT2D eigenvalue weighted by Crippen LogP contribution is 2.20. The fraction of sp³-hybridized carbons (Fsp3) is 0.278. The number of carboxylic acids is 1. The maximum atomic E-state index is 12.5. The van der Waals surface area contributed by atoms with Gasteiger partial charge in [-0.1, -0.05) is 29.8 Å². The van der Waals surface area contributed by atoms with Crippen molar-refractivity contribution in [2.75, 3.05) is 0 Å². The molecular weight excluding hydrogens is 344 g/mol. The van der Waals surface area contributed by atoms with Crippen molar-refractivity contribution in [3.63, 3.8) is 0 Å². The molecule has 1 aromatic carbocycles. The van der Waals surface area contributed by atoms with Crippen LogP contribution in [0.15, 0.2) is 42.5 Å². The van der Waals surface area contributed by atoms with Crippen LogP contribution in [0.1, 0.15) is 42.4 Å². The zero-order valence-electron chi connectivity index (χ0n) is 13.9. The van der Waals surface area contributed by atoms with Gasteiger partial charge in [0, 0.05) is 11.1 Å². The summed E-state index contributed by atoms with van der Waals surface area (Å²) in [6, 6.07) is 10.8. The molecule has 1 aromatic heterocycles. The number of carboxylic acid groups (broad SMARTS) is 1. The van der Waals surface area contributed by atoms with Gasteiger partial charge >= 0.3 is 5.97 Å². The molecule has 0 aliphatic rings. The minimum absolute atomic E-state index is 0.0698. The number of rotatable bonds is 7. The van der Waals surface area contributed by atoms with Gasteiger partial charge in [0.05, 0.1) is 18.6 Å². The standard InChI is InChI=1S/C18H19ClN2O4/c1-11(2)25-16-5-3-4-14(20-16)18(24)21-15(10-17(22)23)12-6-8-13(19)9-7-12/h3-9,11,15H,10H2,1-2H3,(H,21,24)(H,22,23)/t15-/m0/s1. The van der Waals surface area contributed by atoms with E-state index in [0.29, 0.717) is 16.5 Å². The summed E-state index contributed by atoms with van der Waals surface area (Å²) in [5, 5.41) is 12.3. The second kappa shape index (κ2) is 8.48. The first-order valence-electron chi connectivity index (χ1n) is 7.77. The van der Waals surface area contributed by atoms with E-state index < -0.39 is 17.9 Å². The molecule has 25 heavy (non-hydrogen) atoms. The number of halogens is 1. The number of carbonyl (C=O) groups excluding carboxylic acids is 1. The van der Waals surface area contributed by atoms with E-state index in [4.69, 9.17) is 21.4 Å². The Kier molecular flexibility index (Phi) is 6.36. The lowest BCUT2D eigenvalue weighted by atomic mass is 10.0. The Bertz CT molecular complexity index is 747. The van der Waals surface area contributed by atoms with E-state index >= 15 is 0 Å². The van der Waals surface area contributed by atoms with Crippen molar-refractivity contribution >= 4 is 23.5 Å². The molecule has 2 N–H and O–H groups in total. The van der Waals surface area contributed by atoms with Crippen LogP contribution in [-0.2, 0) is 4.79 Å². The van der Waals surface area contributed by atoms with Gasteiger partial charge in [0.1, 0.15) is 5.69 Å². The van der Waals surface area contributed by atoms with E-state index in [1.165, 1.54) is 0 Å². The topological polar surface area (TPSA) is 88.5 Å². The van der Waals surface area contributed by atoms with Crippen molar-refractivity contribution in [3.8, 4) is 5.88 Å². The van der Waals surface area contributed by atoms with Gasteiger partial charge in [-0.05, 0) is 37.6 Å². The molecule has 7 heteroatoms.